The highest BCUT2D eigenvalue weighted by molar-refractivity contribution is 5.75. The van der Waals surface area contributed by atoms with Crippen LogP contribution in [0.4, 0.5) is 0 Å². The predicted molar refractivity (Wildman–Crippen MR) is 83.6 cm³/mol. The molecule has 2 aliphatic heterocycles. The van der Waals surface area contributed by atoms with Crippen molar-refractivity contribution in [3.05, 3.63) is 23.7 Å². The van der Waals surface area contributed by atoms with E-state index in [1.165, 1.54) is 30.3 Å². The van der Waals surface area contributed by atoms with Crippen LogP contribution in [0.25, 0.3) is 11.2 Å². The highest BCUT2D eigenvalue weighted by Gasteiger charge is 2.25. The van der Waals surface area contributed by atoms with Crippen molar-refractivity contribution in [2.24, 2.45) is 0 Å². The van der Waals surface area contributed by atoms with Gasteiger partial charge in [-0.05, 0) is 63.5 Å². The molecule has 2 aromatic heterocycles. The van der Waals surface area contributed by atoms with Crippen molar-refractivity contribution in [2.75, 3.05) is 33.2 Å². The van der Waals surface area contributed by atoms with Gasteiger partial charge in [0.2, 0.25) is 0 Å². The van der Waals surface area contributed by atoms with Crippen LogP contribution < -0.4 is 5.32 Å². The number of nitrogens with zero attached hydrogens (tertiary/aromatic N) is 3. The van der Waals surface area contributed by atoms with E-state index in [4.69, 9.17) is 4.98 Å². The van der Waals surface area contributed by atoms with Gasteiger partial charge in [0.05, 0.1) is 5.52 Å². The van der Waals surface area contributed by atoms with Crippen molar-refractivity contribution >= 4 is 11.2 Å². The van der Waals surface area contributed by atoms with Crippen LogP contribution in [0, 0.1) is 0 Å². The molecule has 0 aromatic carbocycles. The summed E-state index contributed by atoms with van der Waals surface area (Å²) in [4.78, 5) is 15.2. The Labute approximate surface area is 125 Å². The van der Waals surface area contributed by atoms with Gasteiger partial charge in [-0.3, -0.25) is 0 Å². The lowest BCUT2D eigenvalue weighted by molar-refractivity contribution is 0.410. The van der Waals surface area contributed by atoms with E-state index in [-0.39, 0.29) is 0 Å². The van der Waals surface area contributed by atoms with E-state index >= 15 is 0 Å². The van der Waals surface area contributed by atoms with Crippen LogP contribution in [0.3, 0.4) is 0 Å². The Balaban J connectivity index is 1.70. The van der Waals surface area contributed by atoms with E-state index in [0.717, 1.165) is 37.7 Å². The molecule has 0 amide bonds. The smallest absolute Gasteiger partial charge is 0.177 e. The molecule has 2 aliphatic rings. The molecule has 1 atom stereocenters. The van der Waals surface area contributed by atoms with Gasteiger partial charge >= 0.3 is 0 Å². The maximum atomic E-state index is 4.78. The molecule has 2 fully saturated rings. The lowest BCUT2D eigenvalue weighted by Gasteiger charge is -2.23. The fraction of sp³-hybridized carbons (Fsp3) is 0.625. The third kappa shape index (κ3) is 2.45. The van der Waals surface area contributed by atoms with Crippen LogP contribution in [0.15, 0.2) is 12.3 Å². The largest absolute Gasteiger partial charge is 0.340 e. The molecule has 5 nitrogen and oxygen atoms in total. The van der Waals surface area contributed by atoms with Gasteiger partial charge in [-0.15, -0.1) is 0 Å². The van der Waals surface area contributed by atoms with Crippen LogP contribution in [0.2, 0.25) is 0 Å². The summed E-state index contributed by atoms with van der Waals surface area (Å²) in [6, 6.07) is 2.18. The van der Waals surface area contributed by atoms with Gasteiger partial charge < -0.3 is 15.2 Å². The molecule has 0 unspecified atom stereocenters. The molecule has 2 saturated heterocycles. The molecule has 21 heavy (non-hydrogen) atoms. The number of fused-ring (bicyclic) bond motifs is 1. The van der Waals surface area contributed by atoms with Gasteiger partial charge in [-0.1, -0.05) is 0 Å². The van der Waals surface area contributed by atoms with Gasteiger partial charge in [0.1, 0.15) is 5.82 Å². The van der Waals surface area contributed by atoms with E-state index < -0.39 is 0 Å². The highest BCUT2D eigenvalue weighted by Crippen LogP contribution is 2.31. The van der Waals surface area contributed by atoms with Crippen LogP contribution in [0.1, 0.15) is 42.5 Å². The number of imidazole rings is 1. The normalized spacial score (nSPS) is 24.9. The second kappa shape index (κ2) is 5.39. The Morgan fingerprint density at radius 1 is 1.19 bits per heavy atom. The van der Waals surface area contributed by atoms with Gasteiger partial charge in [0, 0.05) is 18.7 Å². The second-order valence-electron chi connectivity index (χ2n) is 6.49. The molecule has 2 aromatic rings. The number of piperidine rings is 1. The highest BCUT2D eigenvalue weighted by atomic mass is 15.1. The maximum Gasteiger partial charge on any atom is 0.177 e. The molecule has 2 N–H and O–H groups in total. The number of rotatable bonds is 2. The van der Waals surface area contributed by atoms with E-state index in [9.17, 15) is 0 Å². The minimum Gasteiger partial charge on any atom is -0.340 e. The first kappa shape index (κ1) is 13.2. The standard InChI is InChI=1S/C16H23N5/c1-21-9-5-12(10-21)15-19-14-13(4-8-18-16(14)20-15)11-2-6-17-7-3-11/h4,8,11-12,17H,2-3,5-7,9-10H2,1H3,(H,18,19,20)/t12-/m1/s1. The lowest BCUT2D eigenvalue weighted by Crippen LogP contribution is -2.26. The lowest BCUT2D eigenvalue weighted by atomic mass is 9.90. The van der Waals surface area contributed by atoms with Gasteiger partial charge in [-0.25, -0.2) is 9.97 Å². The Bertz CT molecular complexity index is 629. The van der Waals surface area contributed by atoms with Crippen molar-refractivity contribution in [3.8, 4) is 0 Å². The van der Waals surface area contributed by atoms with Gasteiger partial charge in [0.15, 0.2) is 5.65 Å². The Hall–Kier alpha value is -1.46. The number of aromatic nitrogens is 3. The Kier molecular flexibility index (Phi) is 3.39. The first-order chi connectivity index (χ1) is 10.3. The topological polar surface area (TPSA) is 56.8 Å². The summed E-state index contributed by atoms with van der Waals surface area (Å²) in [6.07, 6.45) is 5.53. The SMILES string of the molecule is CN1CC[C@@H](c2nc3nccc(C4CCNCC4)c3[nH]2)C1. The van der Waals surface area contributed by atoms with Crippen molar-refractivity contribution in [1.29, 1.82) is 0 Å². The summed E-state index contributed by atoms with van der Waals surface area (Å²) in [7, 11) is 2.18. The predicted octanol–water partition coefficient (Wildman–Crippen LogP) is 1.84. The zero-order chi connectivity index (χ0) is 14.2. The summed E-state index contributed by atoms with van der Waals surface area (Å²) in [6.45, 7) is 4.49. The van der Waals surface area contributed by atoms with Crippen LogP contribution in [-0.4, -0.2) is 53.1 Å². The van der Waals surface area contributed by atoms with E-state index in [1.54, 1.807) is 0 Å². The van der Waals surface area contributed by atoms with Crippen molar-refractivity contribution in [1.82, 2.24) is 25.2 Å². The van der Waals surface area contributed by atoms with E-state index in [2.05, 4.69) is 33.3 Å². The van der Waals surface area contributed by atoms with E-state index in [0.29, 0.717) is 11.8 Å². The molecular formula is C16H23N5. The minimum absolute atomic E-state index is 0.532. The Morgan fingerprint density at radius 3 is 2.81 bits per heavy atom. The van der Waals surface area contributed by atoms with Crippen LogP contribution in [0.5, 0.6) is 0 Å². The second-order valence-corrected chi connectivity index (χ2v) is 6.49. The third-order valence-corrected chi connectivity index (χ3v) is 5.00. The average molecular weight is 285 g/mol. The van der Waals surface area contributed by atoms with E-state index in [1.807, 2.05) is 6.20 Å². The van der Waals surface area contributed by atoms with Crippen molar-refractivity contribution in [3.63, 3.8) is 0 Å². The number of hydrogen-bond donors (Lipinski definition) is 2. The number of likely N-dealkylation sites (N-methyl/N-ethyl adjacent to an activating group) is 1. The summed E-state index contributed by atoms with van der Waals surface area (Å²) >= 11 is 0. The minimum atomic E-state index is 0.532. The zero-order valence-corrected chi connectivity index (χ0v) is 12.6. The zero-order valence-electron chi connectivity index (χ0n) is 12.6. The Morgan fingerprint density at radius 2 is 2.05 bits per heavy atom. The van der Waals surface area contributed by atoms with Gasteiger partial charge in [-0.2, -0.15) is 0 Å². The number of likely N-dealkylation sites (tertiary alicyclic amines) is 1. The number of pyridine rings is 1. The molecule has 0 bridgehead atoms. The molecule has 4 heterocycles. The number of H-pyrrole nitrogens is 1. The van der Waals surface area contributed by atoms with Gasteiger partial charge in [0.25, 0.3) is 0 Å². The molecule has 5 heteroatoms. The summed E-state index contributed by atoms with van der Waals surface area (Å²) in [5.41, 5.74) is 3.48. The molecule has 4 rings (SSSR count). The molecule has 0 aliphatic carbocycles. The van der Waals surface area contributed by atoms with Crippen molar-refractivity contribution in [2.45, 2.75) is 31.1 Å². The summed E-state index contributed by atoms with van der Waals surface area (Å²) in [5, 5.41) is 3.44. The fourth-order valence-electron chi connectivity index (χ4n) is 3.77. The molecule has 0 saturated carbocycles. The van der Waals surface area contributed by atoms with Crippen molar-refractivity contribution < 1.29 is 0 Å². The number of nitrogens with one attached hydrogen (secondary N) is 2. The summed E-state index contributed by atoms with van der Waals surface area (Å²) < 4.78 is 0. The van der Waals surface area contributed by atoms with Crippen LogP contribution in [-0.2, 0) is 0 Å². The first-order valence-electron chi connectivity index (χ1n) is 8.05. The quantitative estimate of drug-likeness (QED) is 0.884. The average Bonchev–Trinajstić information content (AvgIpc) is 3.13. The maximum absolute atomic E-state index is 4.78. The molecule has 0 radical (unpaired) electrons. The molecule has 112 valence electrons. The monoisotopic (exact) mass is 285 g/mol. The third-order valence-electron chi connectivity index (χ3n) is 5.00. The summed E-state index contributed by atoms with van der Waals surface area (Å²) in [5.74, 6) is 2.30. The van der Waals surface area contributed by atoms with Crippen LogP contribution >= 0.6 is 0 Å². The molecular weight excluding hydrogens is 262 g/mol. The number of hydrogen-bond acceptors (Lipinski definition) is 4. The first-order valence-corrected chi connectivity index (χ1v) is 8.05. The fourth-order valence-corrected chi connectivity index (χ4v) is 3.77. The number of aromatic amines is 1. The molecule has 0 spiro atoms.